The largest absolute Gasteiger partial charge is 0.449 e. The summed E-state index contributed by atoms with van der Waals surface area (Å²) in [5.41, 5.74) is 0.295. The molecule has 0 atom stereocenters. The molecule has 0 radical (unpaired) electrons. The second-order valence-electron chi connectivity index (χ2n) is 4.60. The number of ether oxygens (including phenoxy) is 1. The van der Waals surface area contributed by atoms with Crippen molar-refractivity contribution in [1.82, 2.24) is 10.2 Å². The molecule has 0 bridgehead atoms. The maximum absolute atomic E-state index is 11.5. The summed E-state index contributed by atoms with van der Waals surface area (Å²) in [6, 6.07) is 0. The second kappa shape index (κ2) is 3.77. The summed E-state index contributed by atoms with van der Waals surface area (Å²) in [6.07, 6.45) is 2.25. The van der Waals surface area contributed by atoms with Crippen molar-refractivity contribution in [2.45, 2.75) is 19.8 Å². The van der Waals surface area contributed by atoms with E-state index in [9.17, 15) is 4.79 Å². The van der Waals surface area contributed by atoms with Crippen LogP contribution in [0.1, 0.15) is 19.8 Å². The summed E-state index contributed by atoms with van der Waals surface area (Å²) in [5.74, 6) is 0. The zero-order chi connectivity index (χ0) is 10.0. The molecule has 4 nitrogen and oxygen atoms in total. The van der Waals surface area contributed by atoms with Crippen LogP contribution in [-0.4, -0.2) is 43.8 Å². The highest BCUT2D eigenvalue weighted by molar-refractivity contribution is 5.67. The summed E-state index contributed by atoms with van der Waals surface area (Å²) in [6.45, 7) is 6.07. The minimum atomic E-state index is -0.139. The lowest BCUT2D eigenvalue weighted by Crippen LogP contribution is -2.46. The average Bonchev–Trinajstić information content (AvgIpc) is 2.95. The third-order valence-electron chi connectivity index (χ3n) is 3.02. The maximum atomic E-state index is 11.5. The van der Waals surface area contributed by atoms with Gasteiger partial charge in [-0.2, -0.15) is 0 Å². The Morgan fingerprint density at radius 1 is 1.43 bits per heavy atom. The van der Waals surface area contributed by atoms with Crippen molar-refractivity contribution in [3.63, 3.8) is 0 Å². The Kier molecular flexibility index (Phi) is 2.63. The van der Waals surface area contributed by atoms with Crippen molar-refractivity contribution in [1.29, 1.82) is 0 Å². The summed E-state index contributed by atoms with van der Waals surface area (Å²) >= 11 is 0. The van der Waals surface area contributed by atoms with Gasteiger partial charge in [0, 0.05) is 31.6 Å². The first-order valence-corrected chi connectivity index (χ1v) is 5.32. The van der Waals surface area contributed by atoms with Crippen LogP contribution in [0.2, 0.25) is 0 Å². The Labute approximate surface area is 84.6 Å². The van der Waals surface area contributed by atoms with E-state index in [2.05, 4.69) is 12.2 Å². The molecule has 1 aliphatic carbocycles. The van der Waals surface area contributed by atoms with Gasteiger partial charge < -0.3 is 15.0 Å². The van der Waals surface area contributed by atoms with E-state index in [0.29, 0.717) is 12.0 Å². The van der Waals surface area contributed by atoms with Gasteiger partial charge in [0.25, 0.3) is 0 Å². The van der Waals surface area contributed by atoms with Gasteiger partial charge in [-0.3, -0.25) is 0 Å². The zero-order valence-corrected chi connectivity index (χ0v) is 8.71. The quantitative estimate of drug-likeness (QED) is 0.714. The Morgan fingerprint density at radius 3 is 2.64 bits per heavy atom. The Bertz CT molecular complexity index is 220. The van der Waals surface area contributed by atoms with E-state index in [-0.39, 0.29) is 6.09 Å². The van der Waals surface area contributed by atoms with Crippen LogP contribution < -0.4 is 5.32 Å². The third kappa shape index (κ3) is 2.38. The highest BCUT2D eigenvalue weighted by atomic mass is 16.6. The van der Waals surface area contributed by atoms with Crippen LogP contribution in [0.15, 0.2) is 0 Å². The van der Waals surface area contributed by atoms with Crippen molar-refractivity contribution >= 4 is 6.09 Å². The molecule has 0 aromatic rings. The molecule has 0 unspecified atom stereocenters. The molecule has 1 saturated carbocycles. The van der Waals surface area contributed by atoms with Crippen molar-refractivity contribution in [3.05, 3.63) is 0 Å². The highest BCUT2D eigenvalue weighted by Crippen LogP contribution is 2.45. The number of hydrogen-bond donors (Lipinski definition) is 1. The van der Waals surface area contributed by atoms with Crippen molar-refractivity contribution in [2.75, 3.05) is 32.8 Å². The minimum Gasteiger partial charge on any atom is -0.449 e. The fourth-order valence-electron chi connectivity index (χ4n) is 1.53. The van der Waals surface area contributed by atoms with Gasteiger partial charge in [0.05, 0.1) is 6.61 Å². The van der Waals surface area contributed by atoms with Gasteiger partial charge in [0.1, 0.15) is 0 Å². The SMILES string of the molecule is CC1(COC(=O)N2CCNCC2)CC1. The molecule has 1 amide bonds. The molecule has 2 aliphatic rings. The van der Waals surface area contributed by atoms with Gasteiger partial charge in [-0.05, 0) is 12.8 Å². The first-order chi connectivity index (χ1) is 6.70. The molecule has 1 aliphatic heterocycles. The molecule has 1 saturated heterocycles. The Hall–Kier alpha value is -0.770. The van der Waals surface area contributed by atoms with Crippen LogP contribution in [0.4, 0.5) is 4.79 Å². The van der Waals surface area contributed by atoms with Gasteiger partial charge in [-0.15, -0.1) is 0 Å². The van der Waals surface area contributed by atoms with Gasteiger partial charge in [0.15, 0.2) is 0 Å². The van der Waals surface area contributed by atoms with Crippen LogP contribution in [0.3, 0.4) is 0 Å². The number of amides is 1. The molecule has 2 fully saturated rings. The van der Waals surface area contributed by atoms with Crippen LogP contribution in [-0.2, 0) is 4.74 Å². The van der Waals surface area contributed by atoms with Crippen LogP contribution in [0.25, 0.3) is 0 Å². The van der Waals surface area contributed by atoms with E-state index < -0.39 is 0 Å². The molecule has 14 heavy (non-hydrogen) atoms. The summed E-state index contributed by atoms with van der Waals surface area (Å²) in [4.78, 5) is 13.3. The molecular formula is C10H18N2O2. The topological polar surface area (TPSA) is 41.6 Å². The number of rotatable bonds is 2. The van der Waals surface area contributed by atoms with Gasteiger partial charge in [0.2, 0.25) is 0 Å². The van der Waals surface area contributed by atoms with Crippen LogP contribution >= 0.6 is 0 Å². The molecule has 0 aromatic carbocycles. The van der Waals surface area contributed by atoms with Gasteiger partial charge in [-0.25, -0.2) is 4.79 Å². The predicted molar refractivity (Wildman–Crippen MR) is 53.1 cm³/mol. The number of piperazine rings is 1. The molecule has 80 valence electrons. The maximum Gasteiger partial charge on any atom is 0.409 e. The molecule has 2 rings (SSSR count). The lowest BCUT2D eigenvalue weighted by Gasteiger charge is -2.27. The van der Waals surface area contributed by atoms with E-state index in [1.165, 1.54) is 12.8 Å². The van der Waals surface area contributed by atoms with E-state index >= 15 is 0 Å². The number of carbonyl (C=O) groups is 1. The molecule has 0 aromatic heterocycles. The normalized spacial score (nSPS) is 24.5. The van der Waals surface area contributed by atoms with Crippen molar-refractivity contribution in [2.24, 2.45) is 5.41 Å². The standard InChI is InChI=1S/C10H18N2O2/c1-10(2-3-10)8-14-9(13)12-6-4-11-5-7-12/h11H,2-8H2,1H3. The average molecular weight is 198 g/mol. The van der Waals surface area contributed by atoms with Crippen LogP contribution in [0, 0.1) is 5.41 Å². The molecular weight excluding hydrogens is 180 g/mol. The number of nitrogens with zero attached hydrogens (tertiary/aromatic N) is 1. The minimum absolute atomic E-state index is 0.139. The molecule has 1 N–H and O–H groups in total. The van der Waals surface area contributed by atoms with Gasteiger partial charge >= 0.3 is 6.09 Å². The summed E-state index contributed by atoms with van der Waals surface area (Å²) in [5, 5.41) is 3.20. The molecule has 4 heteroatoms. The predicted octanol–water partition coefficient (Wildman–Crippen LogP) is 0.828. The highest BCUT2D eigenvalue weighted by Gasteiger charge is 2.39. The first-order valence-electron chi connectivity index (χ1n) is 5.32. The monoisotopic (exact) mass is 198 g/mol. The van der Waals surface area contributed by atoms with Crippen molar-refractivity contribution in [3.8, 4) is 0 Å². The lowest BCUT2D eigenvalue weighted by atomic mass is 10.2. The Balaban J connectivity index is 1.71. The van der Waals surface area contributed by atoms with Gasteiger partial charge in [-0.1, -0.05) is 6.92 Å². The zero-order valence-electron chi connectivity index (χ0n) is 8.71. The lowest BCUT2D eigenvalue weighted by molar-refractivity contribution is 0.0820. The number of hydrogen-bond acceptors (Lipinski definition) is 3. The smallest absolute Gasteiger partial charge is 0.409 e. The third-order valence-corrected chi connectivity index (χ3v) is 3.02. The summed E-state index contributed by atoms with van der Waals surface area (Å²) < 4.78 is 5.27. The van der Waals surface area contributed by atoms with E-state index in [1.54, 1.807) is 4.90 Å². The first kappa shape index (κ1) is 9.77. The molecule has 1 heterocycles. The number of carbonyl (C=O) groups excluding carboxylic acids is 1. The number of nitrogens with one attached hydrogen (secondary N) is 1. The summed E-state index contributed by atoms with van der Waals surface area (Å²) in [7, 11) is 0. The fourth-order valence-corrected chi connectivity index (χ4v) is 1.53. The van der Waals surface area contributed by atoms with E-state index in [4.69, 9.17) is 4.74 Å². The van der Waals surface area contributed by atoms with E-state index in [1.807, 2.05) is 0 Å². The molecule has 0 spiro atoms. The van der Waals surface area contributed by atoms with Crippen LogP contribution in [0.5, 0.6) is 0 Å². The van der Waals surface area contributed by atoms with E-state index in [0.717, 1.165) is 26.2 Å². The van der Waals surface area contributed by atoms with Crippen molar-refractivity contribution < 1.29 is 9.53 Å². The fraction of sp³-hybridized carbons (Fsp3) is 0.900. The second-order valence-corrected chi connectivity index (χ2v) is 4.60. The Morgan fingerprint density at radius 2 is 2.07 bits per heavy atom.